The van der Waals surface area contributed by atoms with E-state index >= 15 is 0 Å². The zero-order chi connectivity index (χ0) is 17.8. The van der Waals surface area contributed by atoms with Gasteiger partial charge in [0.1, 0.15) is 23.4 Å². The van der Waals surface area contributed by atoms with Crippen LogP contribution in [0.1, 0.15) is 35.3 Å². The third kappa shape index (κ3) is 3.85. The van der Waals surface area contributed by atoms with Gasteiger partial charge < -0.3 is 14.2 Å². The molecule has 1 aliphatic heterocycles. The number of hydrogen-bond donors (Lipinski definition) is 0. The number of methoxy groups -OCH3 is 1. The molecular formula is C21H22O4. The molecule has 2 aromatic carbocycles. The molecule has 0 radical (unpaired) electrons. The van der Waals surface area contributed by atoms with Crippen LogP contribution in [-0.2, 0) is 6.42 Å². The summed E-state index contributed by atoms with van der Waals surface area (Å²) in [6.07, 6.45) is 4.39. The SMILES string of the molecule is CCOc1cc2c(cc1/C=C/C(=O)c1ccc(OC)cc1)O[C@@H](C)C2. The molecule has 0 N–H and O–H groups in total. The van der Waals surface area contributed by atoms with Crippen LogP contribution in [0.3, 0.4) is 0 Å². The van der Waals surface area contributed by atoms with Gasteiger partial charge in [0.25, 0.3) is 0 Å². The first-order chi connectivity index (χ1) is 12.1. The van der Waals surface area contributed by atoms with Gasteiger partial charge in [-0.2, -0.15) is 0 Å². The number of carbonyl (C=O) groups is 1. The molecule has 0 spiro atoms. The van der Waals surface area contributed by atoms with E-state index < -0.39 is 0 Å². The van der Waals surface area contributed by atoms with Crippen LogP contribution in [0.15, 0.2) is 42.5 Å². The second kappa shape index (κ2) is 7.43. The van der Waals surface area contributed by atoms with Crippen LogP contribution in [-0.4, -0.2) is 25.6 Å². The van der Waals surface area contributed by atoms with Crippen molar-refractivity contribution in [2.24, 2.45) is 0 Å². The molecule has 1 atom stereocenters. The fraction of sp³-hybridized carbons (Fsp3) is 0.286. The van der Waals surface area contributed by atoms with Crippen molar-refractivity contribution in [3.05, 3.63) is 59.2 Å². The van der Waals surface area contributed by atoms with E-state index in [0.29, 0.717) is 12.2 Å². The summed E-state index contributed by atoms with van der Waals surface area (Å²) in [5.74, 6) is 2.30. The smallest absolute Gasteiger partial charge is 0.185 e. The molecule has 25 heavy (non-hydrogen) atoms. The number of benzene rings is 2. The number of rotatable bonds is 6. The molecule has 1 aliphatic rings. The van der Waals surface area contributed by atoms with E-state index in [0.717, 1.165) is 34.8 Å². The molecule has 2 aromatic rings. The zero-order valence-corrected chi connectivity index (χ0v) is 14.7. The number of hydrogen-bond acceptors (Lipinski definition) is 4. The highest BCUT2D eigenvalue weighted by molar-refractivity contribution is 6.07. The molecule has 0 saturated carbocycles. The van der Waals surface area contributed by atoms with E-state index in [1.807, 2.05) is 26.0 Å². The molecular weight excluding hydrogens is 316 g/mol. The highest BCUT2D eigenvalue weighted by Crippen LogP contribution is 2.35. The van der Waals surface area contributed by atoms with Gasteiger partial charge in [0.2, 0.25) is 0 Å². The van der Waals surface area contributed by atoms with Crippen molar-refractivity contribution in [3.63, 3.8) is 0 Å². The van der Waals surface area contributed by atoms with Crippen LogP contribution in [0.4, 0.5) is 0 Å². The Labute approximate surface area is 148 Å². The lowest BCUT2D eigenvalue weighted by Crippen LogP contribution is -2.05. The summed E-state index contributed by atoms with van der Waals surface area (Å²) >= 11 is 0. The van der Waals surface area contributed by atoms with Gasteiger partial charge in [0, 0.05) is 23.1 Å². The van der Waals surface area contributed by atoms with Crippen molar-refractivity contribution in [3.8, 4) is 17.2 Å². The minimum Gasteiger partial charge on any atom is -0.497 e. The van der Waals surface area contributed by atoms with E-state index in [1.54, 1.807) is 43.5 Å². The Morgan fingerprint density at radius 1 is 1.28 bits per heavy atom. The van der Waals surface area contributed by atoms with Crippen molar-refractivity contribution in [1.29, 1.82) is 0 Å². The molecule has 0 aliphatic carbocycles. The number of allylic oxidation sites excluding steroid dienone is 1. The minimum atomic E-state index is -0.0695. The summed E-state index contributed by atoms with van der Waals surface area (Å²) < 4.78 is 16.7. The monoisotopic (exact) mass is 338 g/mol. The van der Waals surface area contributed by atoms with Crippen molar-refractivity contribution in [2.45, 2.75) is 26.4 Å². The average Bonchev–Trinajstić information content (AvgIpc) is 2.98. The molecule has 4 nitrogen and oxygen atoms in total. The highest BCUT2D eigenvalue weighted by atomic mass is 16.5. The summed E-state index contributed by atoms with van der Waals surface area (Å²) in [5.41, 5.74) is 2.60. The second-order valence-electron chi connectivity index (χ2n) is 5.99. The lowest BCUT2D eigenvalue weighted by Gasteiger charge is -2.10. The van der Waals surface area contributed by atoms with Gasteiger partial charge in [-0.1, -0.05) is 0 Å². The minimum absolute atomic E-state index is 0.0695. The summed E-state index contributed by atoms with van der Waals surface area (Å²) in [7, 11) is 1.60. The fourth-order valence-corrected chi connectivity index (χ4v) is 2.88. The van der Waals surface area contributed by atoms with E-state index in [9.17, 15) is 4.79 Å². The molecule has 1 heterocycles. The average molecular weight is 338 g/mol. The van der Waals surface area contributed by atoms with Crippen LogP contribution < -0.4 is 14.2 Å². The molecule has 0 aromatic heterocycles. The maximum atomic E-state index is 12.4. The Bertz CT molecular complexity index is 790. The number of carbonyl (C=O) groups excluding carboxylic acids is 1. The van der Waals surface area contributed by atoms with Gasteiger partial charge in [0.05, 0.1) is 13.7 Å². The van der Waals surface area contributed by atoms with Gasteiger partial charge in [-0.25, -0.2) is 0 Å². The predicted octanol–water partition coefficient (Wildman–Crippen LogP) is 4.31. The predicted molar refractivity (Wildman–Crippen MR) is 97.8 cm³/mol. The Morgan fingerprint density at radius 3 is 2.72 bits per heavy atom. The molecule has 0 bridgehead atoms. The van der Waals surface area contributed by atoms with Crippen molar-refractivity contribution < 1.29 is 19.0 Å². The Balaban J connectivity index is 1.84. The van der Waals surface area contributed by atoms with E-state index in [1.165, 1.54) is 0 Å². The molecule has 0 unspecified atom stereocenters. The van der Waals surface area contributed by atoms with Crippen LogP contribution in [0.25, 0.3) is 6.08 Å². The maximum absolute atomic E-state index is 12.4. The van der Waals surface area contributed by atoms with Crippen molar-refractivity contribution in [1.82, 2.24) is 0 Å². The topological polar surface area (TPSA) is 44.8 Å². The Kier molecular flexibility index (Phi) is 5.08. The summed E-state index contributed by atoms with van der Waals surface area (Å²) in [4.78, 5) is 12.4. The number of fused-ring (bicyclic) bond motifs is 1. The van der Waals surface area contributed by atoms with Crippen LogP contribution in [0.2, 0.25) is 0 Å². The lowest BCUT2D eigenvalue weighted by molar-refractivity contribution is 0.104. The van der Waals surface area contributed by atoms with Crippen LogP contribution >= 0.6 is 0 Å². The van der Waals surface area contributed by atoms with Crippen LogP contribution in [0.5, 0.6) is 17.2 Å². The number of ether oxygens (including phenoxy) is 3. The van der Waals surface area contributed by atoms with Gasteiger partial charge in [-0.3, -0.25) is 4.79 Å². The summed E-state index contributed by atoms with van der Waals surface area (Å²) in [6, 6.07) is 11.0. The Hall–Kier alpha value is -2.75. The Morgan fingerprint density at radius 2 is 2.04 bits per heavy atom. The molecule has 0 amide bonds. The first-order valence-corrected chi connectivity index (χ1v) is 8.43. The van der Waals surface area contributed by atoms with Gasteiger partial charge in [-0.05, 0) is 62.4 Å². The van der Waals surface area contributed by atoms with E-state index in [2.05, 4.69) is 0 Å². The van der Waals surface area contributed by atoms with Gasteiger partial charge in [0.15, 0.2) is 5.78 Å². The fourth-order valence-electron chi connectivity index (χ4n) is 2.88. The van der Waals surface area contributed by atoms with Crippen molar-refractivity contribution >= 4 is 11.9 Å². The van der Waals surface area contributed by atoms with Gasteiger partial charge >= 0.3 is 0 Å². The zero-order valence-electron chi connectivity index (χ0n) is 14.7. The van der Waals surface area contributed by atoms with Crippen LogP contribution in [0, 0.1) is 0 Å². The largest absolute Gasteiger partial charge is 0.497 e. The molecule has 0 fully saturated rings. The summed E-state index contributed by atoms with van der Waals surface area (Å²) in [6.45, 7) is 4.56. The first-order valence-electron chi connectivity index (χ1n) is 8.43. The first kappa shape index (κ1) is 17.1. The highest BCUT2D eigenvalue weighted by Gasteiger charge is 2.21. The molecule has 0 saturated heterocycles. The van der Waals surface area contributed by atoms with Crippen molar-refractivity contribution in [2.75, 3.05) is 13.7 Å². The second-order valence-corrected chi connectivity index (χ2v) is 5.99. The third-order valence-electron chi connectivity index (χ3n) is 4.12. The van der Waals surface area contributed by atoms with E-state index in [4.69, 9.17) is 14.2 Å². The van der Waals surface area contributed by atoms with Gasteiger partial charge in [-0.15, -0.1) is 0 Å². The standard InChI is InChI=1S/C21H22O4/c1-4-24-20-13-17-11-14(2)25-21(17)12-16(20)7-10-19(22)15-5-8-18(23-3)9-6-15/h5-10,12-14H,4,11H2,1-3H3/b10-7+/t14-/m0/s1. The molecule has 130 valence electrons. The maximum Gasteiger partial charge on any atom is 0.185 e. The summed E-state index contributed by atoms with van der Waals surface area (Å²) in [5, 5.41) is 0. The molecule has 4 heteroatoms. The number of ketones is 1. The lowest BCUT2D eigenvalue weighted by atomic mass is 10.0. The normalized spacial score (nSPS) is 15.7. The van der Waals surface area contributed by atoms with E-state index in [-0.39, 0.29) is 11.9 Å². The third-order valence-corrected chi connectivity index (χ3v) is 4.12. The quantitative estimate of drug-likeness (QED) is 0.581. The molecule has 3 rings (SSSR count).